The molecule has 2 heterocycles. The third-order valence-electron chi connectivity index (χ3n) is 2.17. The molecule has 0 radical (unpaired) electrons. The van der Waals surface area contributed by atoms with E-state index in [1.165, 1.54) is 0 Å². The summed E-state index contributed by atoms with van der Waals surface area (Å²) in [6.45, 7) is 1.37. The van der Waals surface area contributed by atoms with Crippen LogP contribution in [0.2, 0.25) is 0 Å². The van der Waals surface area contributed by atoms with Gasteiger partial charge in [0.05, 0.1) is 19.1 Å². The maximum atomic E-state index is 10.7. The van der Waals surface area contributed by atoms with E-state index < -0.39 is 0 Å². The molecule has 0 aliphatic carbocycles. The second-order valence-electron chi connectivity index (χ2n) is 2.85. The summed E-state index contributed by atoms with van der Waals surface area (Å²) in [5.74, 6) is 0.376. The highest BCUT2D eigenvalue weighted by Crippen LogP contribution is 2.27. The van der Waals surface area contributed by atoms with Crippen LogP contribution in [0.25, 0.3) is 0 Å². The van der Waals surface area contributed by atoms with Crippen LogP contribution in [0.1, 0.15) is 12.8 Å². The molecule has 0 spiro atoms. The van der Waals surface area contributed by atoms with E-state index in [0.29, 0.717) is 18.9 Å². The van der Waals surface area contributed by atoms with Crippen molar-refractivity contribution in [3.63, 3.8) is 0 Å². The first kappa shape index (κ1) is 6.16. The van der Waals surface area contributed by atoms with Crippen LogP contribution in [0.5, 0.6) is 0 Å². The highest BCUT2D eigenvalue weighted by atomic mass is 16.5. The van der Waals surface area contributed by atoms with Gasteiger partial charge in [-0.1, -0.05) is 0 Å². The van der Waals surface area contributed by atoms with E-state index in [1.807, 2.05) is 0 Å². The highest BCUT2D eigenvalue weighted by Gasteiger charge is 2.35. The third-order valence-corrected chi connectivity index (χ3v) is 2.17. The molecule has 3 nitrogen and oxygen atoms in total. The third kappa shape index (κ3) is 0.904. The first-order valence-corrected chi connectivity index (χ1v) is 3.63. The largest absolute Gasteiger partial charge is 0.465 e. The number of fused-ring (bicyclic) bond motifs is 1. The van der Waals surface area contributed by atoms with Crippen molar-refractivity contribution in [2.75, 3.05) is 13.2 Å². The highest BCUT2D eigenvalue weighted by molar-refractivity contribution is 5.70. The molecule has 56 valence electrons. The van der Waals surface area contributed by atoms with Crippen LogP contribution in [-0.2, 0) is 14.3 Å². The Balaban J connectivity index is 2.03. The predicted octanol–water partition coefficient (Wildman–Crippen LogP) is 0.338. The van der Waals surface area contributed by atoms with Gasteiger partial charge in [-0.3, -0.25) is 4.79 Å². The zero-order valence-electron chi connectivity index (χ0n) is 5.71. The Morgan fingerprint density at radius 1 is 1.50 bits per heavy atom. The second kappa shape index (κ2) is 2.23. The molecule has 0 saturated carbocycles. The lowest BCUT2D eigenvalue weighted by molar-refractivity contribution is -0.154. The molecule has 2 saturated heterocycles. The minimum Gasteiger partial charge on any atom is -0.465 e. The van der Waals surface area contributed by atoms with Crippen molar-refractivity contribution < 1.29 is 14.3 Å². The first-order valence-electron chi connectivity index (χ1n) is 3.63. The average molecular weight is 142 g/mol. The number of hydrogen-bond donors (Lipinski definition) is 0. The van der Waals surface area contributed by atoms with Gasteiger partial charge < -0.3 is 9.47 Å². The number of carbonyl (C=O) groups is 1. The lowest BCUT2D eigenvalue weighted by Crippen LogP contribution is -2.31. The number of cyclic esters (lactones) is 1. The molecular formula is C7H10O3. The van der Waals surface area contributed by atoms with Crippen molar-refractivity contribution in [2.24, 2.45) is 5.92 Å². The molecule has 0 amide bonds. The number of ether oxygens (including phenoxy) is 2. The maximum Gasteiger partial charge on any atom is 0.308 e. The van der Waals surface area contributed by atoms with Crippen LogP contribution in [-0.4, -0.2) is 25.3 Å². The van der Waals surface area contributed by atoms with E-state index in [0.717, 1.165) is 13.0 Å². The van der Waals surface area contributed by atoms with Gasteiger partial charge in [0.1, 0.15) is 0 Å². The van der Waals surface area contributed by atoms with Crippen LogP contribution >= 0.6 is 0 Å². The normalized spacial score (nSPS) is 39.0. The monoisotopic (exact) mass is 142 g/mol. The first-order chi connectivity index (χ1) is 4.86. The van der Waals surface area contributed by atoms with Gasteiger partial charge in [-0.05, 0) is 6.42 Å². The summed E-state index contributed by atoms with van der Waals surface area (Å²) in [5, 5.41) is 0. The topological polar surface area (TPSA) is 35.5 Å². The quantitative estimate of drug-likeness (QED) is 0.457. The average Bonchev–Trinajstić information content (AvgIpc) is 2.33. The van der Waals surface area contributed by atoms with E-state index in [1.54, 1.807) is 0 Å². The fraction of sp³-hybridized carbons (Fsp3) is 0.857. The molecular weight excluding hydrogens is 132 g/mol. The second-order valence-corrected chi connectivity index (χ2v) is 2.85. The summed E-state index contributed by atoms with van der Waals surface area (Å²) in [7, 11) is 0. The Morgan fingerprint density at radius 2 is 2.40 bits per heavy atom. The van der Waals surface area contributed by atoms with E-state index in [4.69, 9.17) is 9.47 Å². The van der Waals surface area contributed by atoms with E-state index >= 15 is 0 Å². The Labute approximate surface area is 59.3 Å². The molecule has 2 aliphatic heterocycles. The molecule has 3 heteroatoms. The Hall–Kier alpha value is -0.570. The Kier molecular flexibility index (Phi) is 1.38. The summed E-state index contributed by atoms with van der Waals surface area (Å²) in [6.07, 6.45) is 1.68. The summed E-state index contributed by atoms with van der Waals surface area (Å²) in [5.41, 5.74) is 0. The van der Waals surface area contributed by atoms with Crippen LogP contribution in [0.3, 0.4) is 0 Å². The molecule has 0 aromatic rings. The predicted molar refractivity (Wildman–Crippen MR) is 33.4 cm³/mol. The minimum absolute atomic E-state index is 0.108. The molecule has 0 bridgehead atoms. The van der Waals surface area contributed by atoms with Crippen molar-refractivity contribution in [1.82, 2.24) is 0 Å². The molecule has 2 rings (SSSR count). The van der Waals surface area contributed by atoms with Gasteiger partial charge in [-0.2, -0.15) is 0 Å². The van der Waals surface area contributed by atoms with Gasteiger partial charge in [0.15, 0.2) is 0 Å². The summed E-state index contributed by atoms with van der Waals surface area (Å²) >= 11 is 0. The molecule has 0 N–H and O–H groups in total. The lowest BCUT2D eigenvalue weighted by Gasteiger charge is -2.22. The van der Waals surface area contributed by atoms with E-state index in [-0.39, 0.29) is 12.1 Å². The van der Waals surface area contributed by atoms with Gasteiger partial charge in [-0.25, -0.2) is 0 Å². The SMILES string of the molecule is O=C1C[C@H]2OCC[C@H]2CO1. The van der Waals surface area contributed by atoms with Crippen LogP contribution in [0.15, 0.2) is 0 Å². The molecule has 2 fully saturated rings. The minimum atomic E-state index is -0.108. The smallest absolute Gasteiger partial charge is 0.308 e. The molecule has 10 heavy (non-hydrogen) atoms. The molecule has 0 unspecified atom stereocenters. The number of hydrogen-bond acceptors (Lipinski definition) is 3. The van der Waals surface area contributed by atoms with Crippen molar-refractivity contribution in [3.05, 3.63) is 0 Å². The van der Waals surface area contributed by atoms with Crippen LogP contribution < -0.4 is 0 Å². The van der Waals surface area contributed by atoms with Gasteiger partial charge >= 0.3 is 5.97 Å². The van der Waals surface area contributed by atoms with Gasteiger partial charge in [0.2, 0.25) is 0 Å². The van der Waals surface area contributed by atoms with Gasteiger partial charge in [-0.15, -0.1) is 0 Å². The van der Waals surface area contributed by atoms with Gasteiger partial charge in [0, 0.05) is 12.5 Å². The number of carbonyl (C=O) groups excluding carboxylic acids is 1. The Bertz CT molecular complexity index is 155. The summed E-state index contributed by atoms with van der Waals surface area (Å²) in [4.78, 5) is 10.7. The van der Waals surface area contributed by atoms with E-state index in [9.17, 15) is 4.79 Å². The Morgan fingerprint density at radius 3 is 3.30 bits per heavy atom. The summed E-state index contributed by atoms with van der Waals surface area (Å²) in [6, 6.07) is 0. The standard InChI is InChI=1S/C7H10O3/c8-7-3-6-5(4-10-7)1-2-9-6/h5-6H,1-4H2/t5-,6+/m0/s1. The molecule has 2 atom stereocenters. The number of esters is 1. The number of rotatable bonds is 0. The molecule has 2 aliphatic rings. The fourth-order valence-electron chi connectivity index (χ4n) is 1.53. The zero-order valence-corrected chi connectivity index (χ0v) is 5.71. The molecule has 0 aromatic heterocycles. The van der Waals surface area contributed by atoms with Gasteiger partial charge in [0.25, 0.3) is 0 Å². The molecule has 0 aromatic carbocycles. The van der Waals surface area contributed by atoms with Crippen LogP contribution in [0, 0.1) is 5.92 Å². The van der Waals surface area contributed by atoms with Crippen molar-refractivity contribution in [3.8, 4) is 0 Å². The van der Waals surface area contributed by atoms with Crippen LogP contribution in [0.4, 0.5) is 0 Å². The van der Waals surface area contributed by atoms with Crippen molar-refractivity contribution in [1.29, 1.82) is 0 Å². The van der Waals surface area contributed by atoms with E-state index in [2.05, 4.69) is 0 Å². The maximum absolute atomic E-state index is 10.7. The fourth-order valence-corrected chi connectivity index (χ4v) is 1.53. The zero-order chi connectivity index (χ0) is 6.97. The van der Waals surface area contributed by atoms with Crippen molar-refractivity contribution in [2.45, 2.75) is 18.9 Å². The van der Waals surface area contributed by atoms with Crippen molar-refractivity contribution >= 4 is 5.97 Å². The summed E-state index contributed by atoms with van der Waals surface area (Å²) < 4.78 is 10.2. The lowest BCUT2D eigenvalue weighted by atomic mass is 9.98.